The first-order chi connectivity index (χ1) is 12.0. The highest BCUT2D eigenvalue weighted by Crippen LogP contribution is 2.21. The van der Waals surface area contributed by atoms with Gasteiger partial charge in [0.15, 0.2) is 0 Å². The van der Waals surface area contributed by atoms with Crippen LogP contribution in [-0.2, 0) is 4.79 Å². The second-order valence-electron chi connectivity index (χ2n) is 6.56. The average Bonchev–Trinajstić information content (AvgIpc) is 3.44. The largest absolute Gasteiger partial charge is 0.352 e. The Bertz CT molecular complexity index is 681. The zero-order valence-electron chi connectivity index (χ0n) is 14.2. The fourth-order valence-electron chi connectivity index (χ4n) is 3.01. The monoisotopic (exact) mass is 346 g/mol. The maximum Gasteiger partial charge on any atom is 0.282 e. The fraction of sp³-hybridized carbons (Fsp3) is 0.529. The van der Waals surface area contributed by atoms with E-state index >= 15 is 0 Å². The predicted molar refractivity (Wildman–Crippen MR) is 91.2 cm³/mol. The Labute approximate surface area is 145 Å². The van der Waals surface area contributed by atoms with Gasteiger partial charge in [0.25, 0.3) is 11.6 Å². The van der Waals surface area contributed by atoms with Gasteiger partial charge < -0.3 is 10.2 Å². The number of benzene rings is 1. The molecule has 1 unspecified atom stereocenters. The van der Waals surface area contributed by atoms with Gasteiger partial charge in [-0.3, -0.25) is 24.6 Å². The highest BCUT2D eigenvalue weighted by atomic mass is 16.6. The summed E-state index contributed by atoms with van der Waals surface area (Å²) < 4.78 is 0. The smallest absolute Gasteiger partial charge is 0.282 e. The number of amides is 2. The lowest BCUT2D eigenvalue weighted by Gasteiger charge is -2.37. The Kier molecular flexibility index (Phi) is 4.98. The van der Waals surface area contributed by atoms with E-state index in [4.69, 9.17) is 0 Å². The van der Waals surface area contributed by atoms with Gasteiger partial charge in [0.1, 0.15) is 5.56 Å². The van der Waals surface area contributed by atoms with Crippen LogP contribution in [0.2, 0.25) is 0 Å². The van der Waals surface area contributed by atoms with Gasteiger partial charge >= 0.3 is 0 Å². The lowest BCUT2D eigenvalue weighted by Crippen LogP contribution is -2.55. The highest BCUT2D eigenvalue weighted by Gasteiger charge is 2.32. The molecule has 1 saturated carbocycles. The molecule has 2 aliphatic rings. The number of nitrogens with one attached hydrogen (secondary N) is 1. The van der Waals surface area contributed by atoms with Crippen LogP contribution in [0.25, 0.3) is 0 Å². The van der Waals surface area contributed by atoms with E-state index < -0.39 is 4.92 Å². The van der Waals surface area contributed by atoms with Crippen molar-refractivity contribution in [2.75, 3.05) is 26.2 Å². The summed E-state index contributed by atoms with van der Waals surface area (Å²) in [4.78, 5) is 39.0. The number of carbonyl (C=O) groups excluding carboxylic acids is 2. The number of piperazine rings is 1. The number of nitro benzene ring substituents is 1. The molecule has 0 aromatic heterocycles. The second-order valence-corrected chi connectivity index (χ2v) is 6.56. The summed E-state index contributed by atoms with van der Waals surface area (Å²) in [5, 5.41) is 14.1. The lowest BCUT2D eigenvalue weighted by atomic mass is 10.1. The molecule has 2 fully saturated rings. The zero-order chi connectivity index (χ0) is 18.0. The van der Waals surface area contributed by atoms with Crippen LogP contribution in [-0.4, -0.2) is 64.8 Å². The Morgan fingerprint density at radius 1 is 1.20 bits per heavy atom. The van der Waals surface area contributed by atoms with E-state index in [1.54, 1.807) is 17.0 Å². The molecule has 8 heteroatoms. The summed E-state index contributed by atoms with van der Waals surface area (Å²) >= 11 is 0. The molecule has 1 N–H and O–H groups in total. The van der Waals surface area contributed by atoms with Gasteiger partial charge in [-0.1, -0.05) is 12.1 Å². The number of rotatable bonds is 5. The van der Waals surface area contributed by atoms with E-state index in [0.717, 1.165) is 12.8 Å². The van der Waals surface area contributed by atoms with Crippen LogP contribution in [0.3, 0.4) is 0 Å². The van der Waals surface area contributed by atoms with Gasteiger partial charge in [0.2, 0.25) is 5.91 Å². The van der Waals surface area contributed by atoms with Crippen LogP contribution in [0.5, 0.6) is 0 Å². The van der Waals surface area contributed by atoms with Crippen molar-refractivity contribution in [3.8, 4) is 0 Å². The summed E-state index contributed by atoms with van der Waals surface area (Å²) in [5.41, 5.74) is -0.0624. The van der Waals surface area contributed by atoms with Gasteiger partial charge in [-0.05, 0) is 25.8 Å². The van der Waals surface area contributed by atoms with Crippen LogP contribution < -0.4 is 5.32 Å². The van der Waals surface area contributed by atoms with Crippen molar-refractivity contribution < 1.29 is 14.5 Å². The Balaban J connectivity index is 1.59. The van der Waals surface area contributed by atoms with E-state index in [1.165, 1.54) is 12.1 Å². The second kappa shape index (κ2) is 7.18. The van der Waals surface area contributed by atoms with Crippen molar-refractivity contribution in [1.29, 1.82) is 0 Å². The zero-order valence-corrected chi connectivity index (χ0v) is 14.2. The quantitative estimate of drug-likeness (QED) is 0.634. The van der Waals surface area contributed by atoms with E-state index in [1.807, 2.05) is 11.8 Å². The lowest BCUT2D eigenvalue weighted by molar-refractivity contribution is -0.385. The first kappa shape index (κ1) is 17.3. The first-order valence-electron chi connectivity index (χ1n) is 8.54. The van der Waals surface area contributed by atoms with E-state index in [0.29, 0.717) is 32.2 Å². The minimum absolute atomic E-state index is 0.0287. The molecular weight excluding hydrogens is 324 g/mol. The maximum atomic E-state index is 12.6. The molecule has 0 radical (unpaired) electrons. The minimum atomic E-state index is -0.534. The molecule has 134 valence electrons. The van der Waals surface area contributed by atoms with Crippen LogP contribution >= 0.6 is 0 Å². The Morgan fingerprint density at radius 3 is 2.44 bits per heavy atom. The molecule has 2 amide bonds. The molecule has 8 nitrogen and oxygen atoms in total. The summed E-state index contributed by atoms with van der Waals surface area (Å²) in [6.45, 7) is 3.92. The normalized spacial score (nSPS) is 19.3. The van der Waals surface area contributed by atoms with Crippen molar-refractivity contribution in [3.63, 3.8) is 0 Å². The Morgan fingerprint density at radius 2 is 1.84 bits per heavy atom. The molecular formula is C17H22N4O4. The van der Waals surface area contributed by atoms with E-state index in [9.17, 15) is 19.7 Å². The molecule has 1 aromatic rings. The third-order valence-corrected chi connectivity index (χ3v) is 4.78. The van der Waals surface area contributed by atoms with E-state index in [-0.39, 0.29) is 29.1 Å². The fourth-order valence-corrected chi connectivity index (χ4v) is 3.01. The molecule has 1 aliphatic carbocycles. The summed E-state index contributed by atoms with van der Waals surface area (Å²) in [6.07, 6.45) is 2.10. The highest BCUT2D eigenvalue weighted by molar-refractivity contribution is 5.98. The molecule has 1 atom stereocenters. The third kappa shape index (κ3) is 3.96. The van der Waals surface area contributed by atoms with Crippen molar-refractivity contribution in [1.82, 2.24) is 15.1 Å². The summed E-state index contributed by atoms with van der Waals surface area (Å²) in [5.74, 6) is -0.303. The number of hydrogen-bond donors (Lipinski definition) is 1. The van der Waals surface area contributed by atoms with E-state index in [2.05, 4.69) is 5.32 Å². The van der Waals surface area contributed by atoms with Crippen LogP contribution in [0.1, 0.15) is 30.1 Å². The molecule has 1 aliphatic heterocycles. The van der Waals surface area contributed by atoms with Crippen LogP contribution in [0, 0.1) is 10.1 Å². The van der Waals surface area contributed by atoms with Gasteiger partial charge in [0.05, 0.1) is 11.0 Å². The average molecular weight is 346 g/mol. The van der Waals surface area contributed by atoms with Gasteiger partial charge in [0, 0.05) is 38.3 Å². The number of para-hydroxylation sites is 1. The van der Waals surface area contributed by atoms with Crippen molar-refractivity contribution >= 4 is 17.5 Å². The molecule has 1 saturated heterocycles. The predicted octanol–water partition coefficient (Wildman–Crippen LogP) is 1.02. The Hall–Kier alpha value is -2.48. The number of carbonyl (C=O) groups is 2. The van der Waals surface area contributed by atoms with Crippen LogP contribution in [0.15, 0.2) is 24.3 Å². The summed E-state index contributed by atoms with van der Waals surface area (Å²) in [7, 11) is 0. The molecule has 1 aromatic carbocycles. The maximum absolute atomic E-state index is 12.6. The molecule has 3 rings (SSSR count). The van der Waals surface area contributed by atoms with Crippen molar-refractivity contribution in [2.24, 2.45) is 0 Å². The topological polar surface area (TPSA) is 95.8 Å². The number of nitro groups is 1. The number of nitrogens with zero attached hydrogens (tertiary/aromatic N) is 3. The van der Waals surface area contributed by atoms with Gasteiger partial charge in [-0.2, -0.15) is 0 Å². The van der Waals surface area contributed by atoms with Crippen molar-refractivity contribution in [3.05, 3.63) is 39.9 Å². The standard InChI is InChI=1S/C17H22N4O4/c1-12(16(22)18-13-6-7-13)19-8-10-20(11-9-19)17(23)14-4-2-3-5-15(14)21(24)25/h2-5,12-13H,6-11H2,1H3,(H,18,22). The SMILES string of the molecule is CC(C(=O)NC1CC1)N1CCN(C(=O)c2ccccc2[N+](=O)[O-])CC1. The molecule has 1 heterocycles. The van der Waals surface area contributed by atoms with Gasteiger partial charge in [-0.15, -0.1) is 0 Å². The molecule has 25 heavy (non-hydrogen) atoms. The van der Waals surface area contributed by atoms with Crippen molar-refractivity contribution in [2.45, 2.75) is 31.8 Å². The minimum Gasteiger partial charge on any atom is -0.352 e. The molecule has 0 spiro atoms. The van der Waals surface area contributed by atoms with Crippen LogP contribution in [0.4, 0.5) is 5.69 Å². The first-order valence-corrected chi connectivity index (χ1v) is 8.54. The van der Waals surface area contributed by atoms with Gasteiger partial charge in [-0.25, -0.2) is 0 Å². The third-order valence-electron chi connectivity index (χ3n) is 4.78. The molecule has 0 bridgehead atoms. The number of hydrogen-bond acceptors (Lipinski definition) is 5. The summed E-state index contributed by atoms with van der Waals surface area (Å²) in [6, 6.07) is 6.10.